The van der Waals surface area contributed by atoms with Crippen molar-refractivity contribution in [3.63, 3.8) is 0 Å². The van der Waals surface area contributed by atoms with Crippen LogP contribution in [0.3, 0.4) is 0 Å². The smallest absolute Gasteiger partial charge is 0.259 e. The molecule has 1 N–H and O–H groups in total. The number of likely N-dealkylation sites (N-methyl/N-ethyl adjacent to an activating group) is 1. The van der Waals surface area contributed by atoms with Gasteiger partial charge in [0.05, 0.1) is 13.7 Å². The number of halogens is 1. The summed E-state index contributed by atoms with van der Waals surface area (Å²) in [6.45, 7) is 2.65. The molecule has 0 spiro atoms. The Hall–Kier alpha value is -2.93. The number of hydrogen-bond donors (Lipinski definition) is 1. The van der Waals surface area contributed by atoms with Crippen LogP contribution in [0.5, 0.6) is 17.2 Å². The minimum atomic E-state index is -0.145. The van der Waals surface area contributed by atoms with Gasteiger partial charge in [-0.05, 0) is 54.8 Å². The van der Waals surface area contributed by atoms with Gasteiger partial charge >= 0.3 is 0 Å². The van der Waals surface area contributed by atoms with Crippen molar-refractivity contribution < 1.29 is 23.8 Å². The molecule has 0 saturated heterocycles. The molecule has 7 nitrogen and oxygen atoms in total. The van der Waals surface area contributed by atoms with E-state index in [0.29, 0.717) is 42.5 Å². The summed E-state index contributed by atoms with van der Waals surface area (Å²) in [5.41, 5.74) is 1.82. The normalized spacial score (nSPS) is 10.4. The van der Waals surface area contributed by atoms with Gasteiger partial charge in [0.2, 0.25) is 5.91 Å². The zero-order valence-electron chi connectivity index (χ0n) is 18.4. The van der Waals surface area contributed by atoms with E-state index in [9.17, 15) is 9.59 Å². The number of methoxy groups -OCH3 is 1. The summed E-state index contributed by atoms with van der Waals surface area (Å²) >= 11 is 6.00. The number of ether oxygens (including phenoxy) is 3. The van der Waals surface area contributed by atoms with Crippen LogP contribution in [0.25, 0.3) is 0 Å². The number of carbonyl (C=O) groups excluding carboxylic acids is 2. The van der Waals surface area contributed by atoms with Crippen molar-refractivity contribution in [2.24, 2.45) is 0 Å². The van der Waals surface area contributed by atoms with E-state index >= 15 is 0 Å². The van der Waals surface area contributed by atoms with E-state index in [2.05, 4.69) is 5.32 Å². The molecule has 0 bridgehead atoms. The zero-order chi connectivity index (χ0) is 22.8. The largest absolute Gasteiger partial charge is 0.494 e. The number of benzene rings is 2. The van der Waals surface area contributed by atoms with Crippen molar-refractivity contribution in [3.8, 4) is 17.2 Å². The van der Waals surface area contributed by atoms with Crippen molar-refractivity contribution in [1.29, 1.82) is 0 Å². The molecule has 2 rings (SSSR count). The van der Waals surface area contributed by atoms with Crippen LogP contribution in [0.2, 0.25) is 5.02 Å². The molecule has 0 aromatic heterocycles. The third-order valence-electron chi connectivity index (χ3n) is 4.51. The van der Waals surface area contributed by atoms with Crippen LogP contribution in [0.1, 0.15) is 24.0 Å². The molecular weight excluding hydrogens is 420 g/mol. The van der Waals surface area contributed by atoms with Crippen LogP contribution in [0.15, 0.2) is 36.4 Å². The second kappa shape index (κ2) is 12.1. The van der Waals surface area contributed by atoms with Gasteiger partial charge in [-0.3, -0.25) is 9.59 Å². The molecule has 2 amide bonds. The maximum atomic E-state index is 12.1. The van der Waals surface area contributed by atoms with Crippen LogP contribution in [0.4, 0.5) is 0 Å². The van der Waals surface area contributed by atoms with Gasteiger partial charge in [0, 0.05) is 32.1 Å². The molecule has 0 aliphatic carbocycles. The molecule has 2 aromatic rings. The van der Waals surface area contributed by atoms with Crippen LogP contribution >= 0.6 is 11.6 Å². The summed E-state index contributed by atoms with van der Waals surface area (Å²) in [6.07, 6.45) is 0.959. The monoisotopic (exact) mass is 448 g/mol. The standard InChI is InChI=1S/C23H29ClN2O5/c1-16-12-18(8-9-19(16)24)30-11-5-6-22(27)25-14-17-7-10-20(21(13-17)29-4)31-15-23(28)26(2)3/h7-10,12-13H,5-6,11,14-15H2,1-4H3,(H,25,27). The fraction of sp³-hybridized carbons (Fsp3) is 0.391. The Morgan fingerprint density at radius 2 is 1.84 bits per heavy atom. The lowest BCUT2D eigenvalue weighted by atomic mass is 10.2. The maximum Gasteiger partial charge on any atom is 0.259 e. The minimum absolute atomic E-state index is 0.0632. The van der Waals surface area contributed by atoms with E-state index in [1.807, 2.05) is 25.1 Å². The summed E-state index contributed by atoms with van der Waals surface area (Å²) in [6, 6.07) is 10.8. The van der Waals surface area contributed by atoms with E-state index in [-0.39, 0.29) is 18.4 Å². The van der Waals surface area contributed by atoms with E-state index in [4.69, 9.17) is 25.8 Å². The van der Waals surface area contributed by atoms with Crippen LogP contribution in [0, 0.1) is 6.92 Å². The first kappa shape index (κ1) is 24.3. The quantitative estimate of drug-likeness (QED) is 0.531. The number of rotatable bonds is 11. The molecule has 0 heterocycles. The highest BCUT2D eigenvalue weighted by molar-refractivity contribution is 6.31. The molecule has 0 aliphatic heterocycles. The summed E-state index contributed by atoms with van der Waals surface area (Å²) in [4.78, 5) is 25.2. The third kappa shape index (κ3) is 8.02. The summed E-state index contributed by atoms with van der Waals surface area (Å²) in [5.74, 6) is 1.51. The fourth-order valence-electron chi connectivity index (χ4n) is 2.63. The van der Waals surface area contributed by atoms with Crippen molar-refractivity contribution in [2.75, 3.05) is 34.4 Å². The van der Waals surface area contributed by atoms with Gasteiger partial charge in [-0.2, -0.15) is 0 Å². The van der Waals surface area contributed by atoms with Gasteiger partial charge in [-0.15, -0.1) is 0 Å². The lowest BCUT2D eigenvalue weighted by molar-refractivity contribution is -0.130. The molecule has 2 aromatic carbocycles. The van der Waals surface area contributed by atoms with Crippen molar-refractivity contribution in [1.82, 2.24) is 10.2 Å². The first-order chi connectivity index (χ1) is 14.8. The Morgan fingerprint density at radius 1 is 1.06 bits per heavy atom. The molecule has 31 heavy (non-hydrogen) atoms. The van der Waals surface area contributed by atoms with Gasteiger partial charge in [-0.25, -0.2) is 0 Å². The number of aryl methyl sites for hydroxylation is 1. The second-order valence-electron chi connectivity index (χ2n) is 7.20. The first-order valence-electron chi connectivity index (χ1n) is 9.95. The molecular formula is C23H29ClN2O5. The Balaban J connectivity index is 1.75. The molecule has 0 atom stereocenters. The van der Waals surface area contributed by atoms with Gasteiger partial charge in [0.15, 0.2) is 18.1 Å². The average molecular weight is 449 g/mol. The summed E-state index contributed by atoms with van der Waals surface area (Å²) < 4.78 is 16.5. The predicted octanol–water partition coefficient (Wildman–Crippen LogP) is 3.60. The van der Waals surface area contributed by atoms with Gasteiger partial charge < -0.3 is 24.4 Å². The van der Waals surface area contributed by atoms with Gasteiger partial charge in [-0.1, -0.05) is 17.7 Å². The first-order valence-corrected chi connectivity index (χ1v) is 10.3. The van der Waals surface area contributed by atoms with E-state index < -0.39 is 0 Å². The molecule has 0 aliphatic rings. The highest BCUT2D eigenvalue weighted by Gasteiger charge is 2.10. The van der Waals surface area contributed by atoms with E-state index in [0.717, 1.165) is 16.9 Å². The number of nitrogens with zero attached hydrogens (tertiary/aromatic N) is 1. The third-order valence-corrected chi connectivity index (χ3v) is 4.94. The lowest BCUT2D eigenvalue weighted by Gasteiger charge is -2.14. The fourth-order valence-corrected chi connectivity index (χ4v) is 2.75. The summed E-state index contributed by atoms with van der Waals surface area (Å²) in [7, 11) is 4.86. The Labute approximate surface area is 188 Å². The Bertz CT molecular complexity index is 902. The summed E-state index contributed by atoms with van der Waals surface area (Å²) in [5, 5.41) is 3.58. The van der Waals surface area contributed by atoms with Crippen LogP contribution in [-0.2, 0) is 16.1 Å². The van der Waals surface area contributed by atoms with E-state index in [1.165, 1.54) is 12.0 Å². The molecule has 0 fully saturated rings. The van der Waals surface area contributed by atoms with Crippen molar-refractivity contribution >= 4 is 23.4 Å². The number of amides is 2. The average Bonchev–Trinajstić information content (AvgIpc) is 2.76. The Kier molecular flexibility index (Phi) is 9.46. The molecule has 0 radical (unpaired) electrons. The molecule has 168 valence electrons. The van der Waals surface area contributed by atoms with Crippen LogP contribution < -0.4 is 19.5 Å². The van der Waals surface area contributed by atoms with Gasteiger partial charge in [0.25, 0.3) is 5.91 Å². The number of hydrogen-bond acceptors (Lipinski definition) is 5. The number of nitrogens with one attached hydrogen (secondary N) is 1. The van der Waals surface area contributed by atoms with Gasteiger partial charge in [0.1, 0.15) is 5.75 Å². The number of carbonyl (C=O) groups is 2. The predicted molar refractivity (Wildman–Crippen MR) is 120 cm³/mol. The topological polar surface area (TPSA) is 77.1 Å². The second-order valence-corrected chi connectivity index (χ2v) is 7.61. The Morgan fingerprint density at radius 3 is 2.52 bits per heavy atom. The maximum absolute atomic E-state index is 12.1. The lowest BCUT2D eigenvalue weighted by Crippen LogP contribution is -2.27. The van der Waals surface area contributed by atoms with Crippen molar-refractivity contribution in [3.05, 3.63) is 52.5 Å². The SMILES string of the molecule is COc1cc(CNC(=O)CCCOc2ccc(Cl)c(C)c2)ccc1OCC(=O)N(C)C. The van der Waals surface area contributed by atoms with Crippen LogP contribution in [-0.4, -0.2) is 51.1 Å². The van der Waals surface area contributed by atoms with E-state index in [1.54, 1.807) is 32.3 Å². The zero-order valence-corrected chi connectivity index (χ0v) is 19.1. The molecule has 8 heteroatoms. The van der Waals surface area contributed by atoms with Crippen molar-refractivity contribution in [2.45, 2.75) is 26.3 Å². The highest BCUT2D eigenvalue weighted by Crippen LogP contribution is 2.28. The molecule has 0 unspecified atom stereocenters. The minimum Gasteiger partial charge on any atom is -0.494 e. The molecule has 0 saturated carbocycles. The highest BCUT2D eigenvalue weighted by atomic mass is 35.5.